The SMILES string of the molecule is CCCCCCCCC(F)C(CN)C(C)C. The summed E-state index contributed by atoms with van der Waals surface area (Å²) in [5.74, 6) is 0.413. The lowest BCUT2D eigenvalue weighted by atomic mass is 9.88. The minimum atomic E-state index is -0.698. The summed E-state index contributed by atoms with van der Waals surface area (Å²) in [7, 11) is 0. The second kappa shape index (κ2) is 10.1. The first-order valence-corrected chi connectivity index (χ1v) is 6.97. The maximum atomic E-state index is 13.8. The first-order chi connectivity index (χ1) is 7.63. The van der Waals surface area contributed by atoms with E-state index in [2.05, 4.69) is 20.8 Å². The van der Waals surface area contributed by atoms with E-state index in [-0.39, 0.29) is 5.92 Å². The van der Waals surface area contributed by atoms with Crippen LogP contribution in [0, 0.1) is 11.8 Å². The molecule has 2 heteroatoms. The molecular weight excluding hydrogens is 201 g/mol. The van der Waals surface area contributed by atoms with Crippen LogP contribution in [-0.2, 0) is 0 Å². The van der Waals surface area contributed by atoms with Gasteiger partial charge in [0, 0.05) is 5.92 Å². The Morgan fingerprint density at radius 1 is 1.00 bits per heavy atom. The van der Waals surface area contributed by atoms with E-state index in [1.165, 1.54) is 32.1 Å². The lowest BCUT2D eigenvalue weighted by Crippen LogP contribution is -2.29. The zero-order valence-corrected chi connectivity index (χ0v) is 11.3. The third kappa shape index (κ3) is 7.21. The van der Waals surface area contributed by atoms with Crippen molar-refractivity contribution in [3.05, 3.63) is 0 Å². The Kier molecular flexibility index (Phi) is 10.0. The van der Waals surface area contributed by atoms with E-state index in [0.717, 1.165) is 6.42 Å². The monoisotopic (exact) mass is 231 g/mol. The van der Waals surface area contributed by atoms with Gasteiger partial charge in [0.15, 0.2) is 0 Å². The second-order valence-corrected chi connectivity index (χ2v) is 5.22. The fraction of sp³-hybridized carbons (Fsp3) is 1.00. The summed E-state index contributed by atoms with van der Waals surface area (Å²) >= 11 is 0. The van der Waals surface area contributed by atoms with Crippen molar-refractivity contribution < 1.29 is 4.39 Å². The summed E-state index contributed by atoms with van der Waals surface area (Å²) in [5, 5.41) is 0. The van der Waals surface area contributed by atoms with Gasteiger partial charge in [0.05, 0.1) is 0 Å². The van der Waals surface area contributed by atoms with E-state index in [1.807, 2.05) is 0 Å². The number of nitrogens with two attached hydrogens (primary N) is 1. The molecule has 0 fully saturated rings. The molecule has 2 N–H and O–H groups in total. The molecule has 1 nitrogen and oxygen atoms in total. The fourth-order valence-corrected chi connectivity index (χ4v) is 2.17. The number of hydrogen-bond acceptors (Lipinski definition) is 1. The zero-order chi connectivity index (χ0) is 12.4. The molecule has 0 aromatic heterocycles. The highest BCUT2D eigenvalue weighted by Crippen LogP contribution is 2.22. The summed E-state index contributed by atoms with van der Waals surface area (Å²) in [4.78, 5) is 0. The summed E-state index contributed by atoms with van der Waals surface area (Å²) in [6.07, 6.45) is 7.35. The molecule has 2 unspecified atom stereocenters. The Hall–Kier alpha value is -0.110. The smallest absolute Gasteiger partial charge is 0.104 e. The summed E-state index contributed by atoms with van der Waals surface area (Å²) in [5.41, 5.74) is 5.60. The topological polar surface area (TPSA) is 26.0 Å². The highest BCUT2D eigenvalue weighted by Gasteiger charge is 2.22. The Morgan fingerprint density at radius 2 is 1.56 bits per heavy atom. The van der Waals surface area contributed by atoms with Crippen LogP contribution < -0.4 is 5.73 Å². The molecule has 98 valence electrons. The molecule has 0 spiro atoms. The van der Waals surface area contributed by atoms with Crippen molar-refractivity contribution in [2.45, 2.75) is 71.9 Å². The molecule has 2 atom stereocenters. The number of rotatable bonds is 10. The van der Waals surface area contributed by atoms with Crippen LogP contribution in [0.15, 0.2) is 0 Å². The van der Waals surface area contributed by atoms with Gasteiger partial charge in [0.2, 0.25) is 0 Å². The van der Waals surface area contributed by atoms with Crippen molar-refractivity contribution >= 4 is 0 Å². The molecule has 0 aromatic rings. The quantitative estimate of drug-likeness (QED) is 0.557. The number of alkyl halides is 1. The standard InChI is InChI=1S/C14H30FN/c1-4-5-6-7-8-9-10-14(15)13(11-16)12(2)3/h12-14H,4-11,16H2,1-3H3. The van der Waals surface area contributed by atoms with Gasteiger partial charge in [0.1, 0.15) is 6.17 Å². The molecule has 0 amide bonds. The maximum absolute atomic E-state index is 13.8. The van der Waals surface area contributed by atoms with E-state index in [4.69, 9.17) is 5.73 Å². The van der Waals surface area contributed by atoms with Gasteiger partial charge in [-0.05, 0) is 18.9 Å². The van der Waals surface area contributed by atoms with Crippen LogP contribution in [0.4, 0.5) is 4.39 Å². The van der Waals surface area contributed by atoms with Crippen molar-refractivity contribution in [3.8, 4) is 0 Å². The van der Waals surface area contributed by atoms with E-state index < -0.39 is 6.17 Å². The van der Waals surface area contributed by atoms with Crippen LogP contribution in [0.5, 0.6) is 0 Å². The molecule has 0 heterocycles. The molecular formula is C14H30FN. The van der Waals surface area contributed by atoms with Gasteiger partial charge < -0.3 is 5.73 Å². The first kappa shape index (κ1) is 15.9. The van der Waals surface area contributed by atoms with Gasteiger partial charge in [-0.1, -0.05) is 59.3 Å². The molecule has 0 rings (SSSR count). The van der Waals surface area contributed by atoms with Crippen LogP contribution >= 0.6 is 0 Å². The van der Waals surface area contributed by atoms with E-state index in [9.17, 15) is 4.39 Å². The van der Waals surface area contributed by atoms with Gasteiger partial charge >= 0.3 is 0 Å². The fourth-order valence-electron chi connectivity index (χ4n) is 2.17. The average Bonchev–Trinajstić information content (AvgIpc) is 2.23. The van der Waals surface area contributed by atoms with E-state index in [0.29, 0.717) is 18.9 Å². The third-order valence-corrected chi connectivity index (χ3v) is 3.43. The van der Waals surface area contributed by atoms with Gasteiger partial charge in [-0.25, -0.2) is 4.39 Å². The number of unbranched alkanes of at least 4 members (excludes halogenated alkanes) is 5. The molecule has 0 aromatic carbocycles. The highest BCUT2D eigenvalue weighted by atomic mass is 19.1. The largest absolute Gasteiger partial charge is 0.330 e. The summed E-state index contributed by atoms with van der Waals surface area (Å²) in [6, 6.07) is 0. The highest BCUT2D eigenvalue weighted by molar-refractivity contribution is 4.73. The zero-order valence-electron chi connectivity index (χ0n) is 11.3. The molecule has 0 aliphatic carbocycles. The Bertz CT molecular complexity index is 148. The first-order valence-electron chi connectivity index (χ1n) is 6.97. The normalized spacial score (nSPS) is 15.4. The number of halogens is 1. The molecule has 0 radical (unpaired) electrons. The predicted octanol–water partition coefficient (Wildman–Crippen LogP) is 4.31. The molecule has 0 bridgehead atoms. The Labute approximate surface area is 101 Å². The minimum absolute atomic E-state index is 0.0515. The molecule has 0 saturated heterocycles. The average molecular weight is 231 g/mol. The summed E-state index contributed by atoms with van der Waals surface area (Å²) < 4.78 is 13.8. The van der Waals surface area contributed by atoms with E-state index >= 15 is 0 Å². The molecule has 16 heavy (non-hydrogen) atoms. The lowest BCUT2D eigenvalue weighted by molar-refractivity contribution is 0.171. The van der Waals surface area contributed by atoms with Crippen LogP contribution in [0.3, 0.4) is 0 Å². The van der Waals surface area contributed by atoms with Gasteiger partial charge in [-0.3, -0.25) is 0 Å². The van der Waals surface area contributed by atoms with Gasteiger partial charge in [0.25, 0.3) is 0 Å². The Balaban J connectivity index is 3.52. The van der Waals surface area contributed by atoms with Crippen molar-refractivity contribution in [1.82, 2.24) is 0 Å². The molecule has 0 aliphatic heterocycles. The van der Waals surface area contributed by atoms with E-state index in [1.54, 1.807) is 0 Å². The van der Waals surface area contributed by atoms with Crippen molar-refractivity contribution in [1.29, 1.82) is 0 Å². The van der Waals surface area contributed by atoms with Crippen molar-refractivity contribution in [3.63, 3.8) is 0 Å². The van der Waals surface area contributed by atoms with Crippen molar-refractivity contribution in [2.75, 3.05) is 6.54 Å². The van der Waals surface area contributed by atoms with Crippen LogP contribution in [0.1, 0.15) is 65.7 Å². The lowest BCUT2D eigenvalue weighted by Gasteiger charge is -2.22. The number of hydrogen-bond donors (Lipinski definition) is 1. The molecule has 0 saturated carbocycles. The van der Waals surface area contributed by atoms with Crippen LogP contribution in [-0.4, -0.2) is 12.7 Å². The van der Waals surface area contributed by atoms with Crippen LogP contribution in [0.25, 0.3) is 0 Å². The molecule has 0 aliphatic rings. The summed E-state index contributed by atoms with van der Waals surface area (Å²) in [6.45, 7) is 6.82. The third-order valence-electron chi connectivity index (χ3n) is 3.43. The van der Waals surface area contributed by atoms with Gasteiger partial charge in [-0.2, -0.15) is 0 Å². The van der Waals surface area contributed by atoms with Crippen molar-refractivity contribution in [2.24, 2.45) is 17.6 Å². The van der Waals surface area contributed by atoms with Crippen LogP contribution in [0.2, 0.25) is 0 Å². The maximum Gasteiger partial charge on any atom is 0.104 e. The second-order valence-electron chi connectivity index (χ2n) is 5.22. The predicted molar refractivity (Wildman–Crippen MR) is 70.3 cm³/mol. The minimum Gasteiger partial charge on any atom is -0.330 e. The van der Waals surface area contributed by atoms with Gasteiger partial charge in [-0.15, -0.1) is 0 Å². The Morgan fingerprint density at radius 3 is 2.06 bits per heavy atom.